The SMILES string of the molecule is O=C(C[P+](c1ccccc1)(c1ccccc1)c1cccc2ccccc12)c1ccccc1. The Morgan fingerprint density at radius 1 is 0.531 bits per heavy atom. The third kappa shape index (κ3) is 3.66. The summed E-state index contributed by atoms with van der Waals surface area (Å²) in [4.78, 5) is 13.7. The maximum atomic E-state index is 13.7. The minimum atomic E-state index is -2.27. The second kappa shape index (κ2) is 8.91. The van der Waals surface area contributed by atoms with Crippen molar-refractivity contribution in [2.45, 2.75) is 0 Å². The van der Waals surface area contributed by atoms with E-state index in [9.17, 15) is 4.79 Å². The first-order chi connectivity index (χ1) is 15.8. The zero-order valence-electron chi connectivity index (χ0n) is 17.8. The van der Waals surface area contributed by atoms with Gasteiger partial charge in [0.1, 0.15) is 29.3 Å². The molecule has 0 saturated carbocycles. The molecule has 154 valence electrons. The van der Waals surface area contributed by atoms with Crippen molar-refractivity contribution in [1.82, 2.24) is 0 Å². The lowest BCUT2D eigenvalue weighted by Gasteiger charge is -2.28. The third-order valence-electron chi connectivity index (χ3n) is 6.05. The number of benzene rings is 5. The average molecular weight is 431 g/mol. The molecule has 0 saturated heterocycles. The number of fused-ring (bicyclic) bond motifs is 1. The first-order valence-electron chi connectivity index (χ1n) is 10.8. The molecule has 0 fully saturated rings. The molecule has 0 radical (unpaired) electrons. The van der Waals surface area contributed by atoms with Crippen LogP contribution < -0.4 is 15.9 Å². The molecule has 0 atom stereocenters. The van der Waals surface area contributed by atoms with E-state index in [2.05, 4.69) is 91.0 Å². The predicted octanol–water partition coefficient (Wildman–Crippen LogP) is 6.02. The highest BCUT2D eigenvalue weighted by molar-refractivity contribution is 7.96. The van der Waals surface area contributed by atoms with Crippen molar-refractivity contribution < 1.29 is 4.79 Å². The molecule has 0 unspecified atom stereocenters. The van der Waals surface area contributed by atoms with E-state index < -0.39 is 7.26 Å². The van der Waals surface area contributed by atoms with Gasteiger partial charge in [-0.2, -0.15) is 0 Å². The second-order valence-corrected chi connectivity index (χ2v) is 11.4. The van der Waals surface area contributed by atoms with Gasteiger partial charge in [0.25, 0.3) is 0 Å². The molecule has 0 bridgehead atoms. The van der Waals surface area contributed by atoms with Crippen LogP contribution in [0, 0.1) is 0 Å². The van der Waals surface area contributed by atoms with Crippen LogP contribution in [0.15, 0.2) is 133 Å². The van der Waals surface area contributed by atoms with E-state index in [0.717, 1.165) is 5.56 Å². The van der Waals surface area contributed by atoms with Gasteiger partial charge in [-0.1, -0.05) is 103 Å². The van der Waals surface area contributed by atoms with Crippen molar-refractivity contribution in [1.29, 1.82) is 0 Å². The predicted molar refractivity (Wildman–Crippen MR) is 138 cm³/mol. The fraction of sp³-hybridized carbons (Fsp3) is 0.0333. The number of rotatable bonds is 6. The molecule has 0 heterocycles. The largest absolute Gasteiger partial charge is 0.290 e. The van der Waals surface area contributed by atoms with Gasteiger partial charge in [0.05, 0.1) is 0 Å². The normalized spacial score (nSPS) is 11.4. The van der Waals surface area contributed by atoms with E-state index in [-0.39, 0.29) is 5.78 Å². The summed E-state index contributed by atoms with van der Waals surface area (Å²) in [6.07, 6.45) is 0.457. The highest BCUT2D eigenvalue weighted by Crippen LogP contribution is 2.56. The van der Waals surface area contributed by atoms with Crippen molar-refractivity contribution >= 4 is 39.7 Å². The molecule has 0 aliphatic rings. The van der Waals surface area contributed by atoms with Gasteiger partial charge in [0, 0.05) is 10.9 Å². The number of Topliss-reactive ketones (excluding diaryl/α,β-unsaturated/α-hetero) is 1. The molecule has 0 aliphatic heterocycles. The van der Waals surface area contributed by atoms with Crippen molar-refractivity contribution in [2.75, 3.05) is 6.16 Å². The Hall–Kier alpha value is -3.54. The van der Waals surface area contributed by atoms with Crippen LogP contribution in [0.4, 0.5) is 0 Å². The van der Waals surface area contributed by atoms with Crippen LogP contribution >= 0.6 is 7.26 Å². The Bertz CT molecular complexity index is 1300. The zero-order valence-corrected chi connectivity index (χ0v) is 18.7. The van der Waals surface area contributed by atoms with Crippen LogP contribution in [0.2, 0.25) is 0 Å². The second-order valence-electron chi connectivity index (χ2n) is 7.93. The van der Waals surface area contributed by atoms with E-state index >= 15 is 0 Å². The molecule has 5 aromatic rings. The van der Waals surface area contributed by atoms with Crippen LogP contribution in [0.3, 0.4) is 0 Å². The molecular formula is C30H24OP+. The highest BCUT2D eigenvalue weighted by Gasteiger charge is 2.48. The lowest BCUT2D eigenvalue weighted by molar-refractivity contribution is 0.102. The smallest absolute Gasteiger partial charge is 0.201 e. The van der Waals surface area contributed by atoms with Crippen LogP contribution in [-0.2, 0) is 0 Å². The van der Waals surface area contributed by atoms with Crippen molar-refractivity contribution in [3.63, 3.8) is 0 Å². The van der Waals surface area contributed by atoms with Gasteiger partial charge >= 0.3 is 0 Å². The van der Waals surface area contributed by atoms with E-state index in [1.807, 2.05) is 42.5 Å². The minimum Gasteiger partial charge on any atom is -0.290 e. The van der Waals surface area contributed by atoms with Gasteiger partial charge in [-0.3, -0.25) is 4.79 Å². The molecule has 5 aromatic carbocycles. The summed E-state index contributed by atoms with van der Waals surface area (Å²) in [5.74, 6) is 0.180. The van der Waals surface area contributed by atoms with Gasteiger partial charge in [-0.25, -0.2) is 0 Å². The molecular weight excluding hydrogens is 407 g/mol. The molecule has 1 nitrogen and oxygen atoms in total. The van der Waals surface area contributed by atoms with E-state index in [1.165, 1.54) is 26.7 Å². The van der Waals surface area contributed by atoms with E-state index in [1.54, 1.807) is 0 Å². The van der Waals surface area contributed by atoms with Gasteiger partial charge in [0.15, 0.2) is 0 Å². The number of carbonyl (C=O) groups is 1. The van der Waals surface area contributed by atoms with Gasteiger partial charge in [-0.15, -0.1) is 0 Å². The molecule has 0 amide bonds. The number of hydrogen-bond acceptors (Lipinski definition) is 1. The molecule has 0 spiro atoms. The van der Waals surface area contributed by atoms with Crippen molar-refractivity contribution in [3.05, 3.63) is 139 Å². The first kappa shape index (κ1) is 20.4. The lowest BCUT2D eigenvalue weighted by atomic mass is 10.1. The third-order valence-corrected chi connectivity index (χ3v) is 10.4. The summed E-state index contributed by atoms with van der Waals surface area (Å²) < 4.78 is 0. The Morgan fingerprint density at radius 2 is 1.03 bits per heavy atom. The molecule has 0 N–H and O–H groups in total. The summed E-state index contributed by atoms with van der Waals surface area (Å²) in [7, 11) is -2.27. The van der Waals surface area contributed by atoms with Crippen LogP contribution in [0.5, 0.6) is 0 Å². The standard InChI is InChI=1S/C30H24OP/c31-29(25-14-4-1-5-15-25)23-32(26-17-6-2-7-18-26,27-19-8-3-9-20-27)30-22-12-16-24-13-10-11-21-28(24)30/h1-22H,23H2/q+1. The van der Waals surface area contributed by atoms with Crippen molar-refractivity contribution in [2.24, 2.45) is 0 Å². The lowest BCUT2D eigenvalue weighted by Crippen LogP contribution is -2.36. The number of hydrogen-bond donors (Lipinski definition) is 0. The number of carbonyl (C=O) groups excluding carboxylic acids is 1. The topological polar surface area (TPSA) is 17.1 Å². The van der Waals surface area contributed by atoms with Crippen LogP contribution in [0.1, 0.15) is 10.4 Å². The molecule has 2 heteroatoms. The summed E-state index contributed by atoms with van der Waals surface area (Å²) in [6, 6.07) is 46.0. The summed E-state index contributed by atoms with van der Waals surface area (Å²) >= 11 is 0. The first-order valence-corrected chi connectivity index (χ1v) is 12.8. The molecule has 0 aliphatic carbocycles. The molecule has 5 rings (SSSR count). The van der Waals surface area contributed by atoms with Gasteiger partial charge in [0.2, 0.25) is 5.78 Å². The number of ketones is 1. The Balaban J connectivity index is 1.84. The Kier molecular flexibility index (Phi) is 5.67. The van der Waals surface area contributed by atoms with Gasteiger partial charge < -0.3 is 0 Å². The maximum absolute atomic E-state index is 13.7. The quantitative estimate of drug-likeness (QED) is 0.237. The Labute approximate surface area is 189 Å². The Morgan fingerprint density at radius 3 is 1.66 bits per heavy atom. The van der Waals surface area contributed by atoms with Gasteiger partial charge in [-0.05, 0) is 35.7 Å². The average Bonchev–Trinajstić information content (AvgIpc) is 2.88. The molecule has 0 aromatic heterocycles. The molecule has 32 heavy (non-hydrogen) atoms. The summed E-state index contributed by atoms with van der Waals surface area (Å²) in [5.41, 5.74) is 0.768. The van der Waals surface area contributed by atoms with Crippen molar-refractivity contribution in [3.8, 4) is 0 Å². The summed E-state index contributed by atoms with van der Waals surface area (Å²) in [6.45, 7) is 0. The zero-order chi connectivity index (χ0) is 21.8. The summed E-state index contributed by atoms with van der Waals surface area (Å²) in [5, 5.41) is 6.14. The van der Waals surface area contributed by atoms with E-state index in [4.69, 9.17) is 0 Å². The maximum Gasteiger partial charge on any atom is 0.201 e. The highest BCUT2D eigenvalue weighted by atomic mass is 31.2. The van der Waals surface area contributed by atoms with Crippen LogP contribution in [0.25, 0.3) is 10.8 Å². The van der Waals surface area contributed by atoms with Crippen LogP contribution in [-0.4, -0.2) is 11.9 Å². The van der Waals surface area contributed by atoms with E-state index in [0.29, 0.717) is 6.16 Å². The fourth-order valence-electron chi connectivity index (χ4n) is 4.53. The monoisotopic (exact) mass is 431 g/mol. The fourth-order valence-corrected chi connectivity index (χ4v) is 8.85. The minimum absolute atomic E-state index is 0.180.